The van der Waals surface area contributed by atoms with Gasteiger partial charge in [0.1, 0.15) is 0 Å². The van der Waals surface area contributed by atoms with Crippen LogP contribution in [0.25, 0.3) is 0 Å². The summed E-state index contributed by atoms with van der Waals surface area (Å²) in [6.07, 6.45) is 2.73. The molecule has 2 N–H and O–H groups in total. The molecule has 0 bridgehead atoms. The van der Waals surface area contributed by atoms with Crippen LogP contribution in [0.5, 0.6) is 0 Å². The molecule has 1 saturated carbocycles. The third-order valence-corrected chi connectivity index (χ3v) is 4.30. The zero-order chi connectivity index (χ0) is 12.5. The number of aryl methyl sites for hydroxylation is 1. The predicted molar refractivity (Wildman–Crippen MR) is 66.8 cm³/mol. The molecule has 1 aliphatic carbocycles. The molecule has 94 valence electrons. The zero-order valence-electron chi connectivity index (χ0n) is 10.2. The average Bonchev–Trinajstić information content (AvgIpc) is 3.10. The number of methoxy groups -OCH3 is 1. The second-order valence-electron chi connectivity index (χ2n) is 4.66. The summed E-state index contributed by atoms with van der Waals surface area (Å²) in [4.78, 5) is 16.5. The molecule has 0 amide bonds. The molecule has 0 aliphatic heterocycles. The number of thiazole rings is 1. The number of aromatic nitrogens is 1. The van der Waals surface area contributed by atoms with Gasteiger partial charge in [0, 0.05) is 18.3 Å². The standard InChI is InChI=1S/C12H18N2O2S/c1-8-14-10(6-17-8)5-12(7-13,9-3-4-9)11(15)16-2/h6,9H,3-5,7,13H2,1-2H3. The van der Waals surface area contributed by atoms with Crippen LogP contribution >= 0.6 is 11.3 Å². The minimum absolute atomic E-state index is 0.187. The first-order valence-corrected chi connectivity index (χ1v) is 6.70. The summed E-state index contributed by atoms with van der Waals surface area (Å²) in [6, 6.07) is 0. The van der Waals surface area contributed by atoms with Crippen molar-refractivity contribution in [2.45, 2.75) is 26.2 Å². The van der Waals surface area contributed by atoms with Crippen molar-refractivity contribution >= 4 is 17.3 Å². The summed E-state index contributed by atoms with van der Waals surface area (Å²) in [7, 11) is 1.43. The Bertz CT molecular complexity index is 414. The largest absolute Gasteiger partial charge is 0.469 e. The van der Waals surface area contributed by atoms with Crippen LogP contribution in [0.1, 0.15) is 23.5 Å². The first-order valence-electron chi connectivity index (χ1n) is 5.82. The van der Waals surface area contributed by atoms with E-state index in [-0.39, 0.29) is 5.97 Å². The van der Waals surface area contributed by atoms with Crippen molar-refractivity contribution in [2.75, 3.05) is 13.7 Å². The van der Waals surface area contributed by atoms with Crippen LogP contribution in [0.2, 0.25) is 0 Å². The SMILES string of the molecule is COC(=O)C(CN)(Cc1csc(C)n1)C1CC1. The predicted octanol–water partition coefficient (Wildman–Crippen LogP) is 1.52. The molecule has 2 rings (SSSR count). The van der Waals surface area contributed by atoms with Crippen LogP contribution in [-0.2, 0) is 16.0 Å². The minimum Gasteiger partial charge on any atom is -0.469 e. The van der Waals surface area contributed by atoms with E-state index >= 15 is 0 Å². The lowest BCUT2D eigenvalue weighted by molar-refractivity contribution is -0.153. The fourth-order valence-electron chi connectivity index (χ4n) is 2.36. The van der Waals surface area contributed by atoms with Gasteiger partial charge in [-0.1, -0.05) is 0 Å². The van der Waals surface area contributed by atoms with Crippen LogP contribution in [0.4, 0.5) is 0 Å². The van der Waals surface area contributed by atoms with Crippen LogP contribution in [0.15, 0.2) is 5.38 Å². The van der Waals surface area contributed by atoms with E-state index in [9.17, 15) is 4.79 Å². The van der Waals surface area contributed by atoms with E-state index in [1.54, 1.807) is 11.3 Å². The van der Waals surface area contributed by atoms with Gasteiger partial charge in [0.15, 0.2) is 0 Å². The van der Waals surface area contributed by atoms with Crippen LogP contribution in [0, 0.1) is 18.3 Å². The van der Waals surface area contributed by atoms with Crippen LogP contribution in [-0.4, -0.2) is 24.6 Å². The Hall–Kier alpha value is -0.940. The second kappa shape index (κ2) is 4.74. The number of nitrogens with zero attached hydrogens (tertiary/aromatic N) is 1. The van der Waals surface area contributed by atoms with Crippen molar-refractivity contribution < 1.29 is 9.53 Å². The summed E-state index contributed by atoms with van der Waals surface area (Å²) in [5.41, 5.74) is 6.25. The summed E-state index contributed by atoms with van der Waals surface area (Å²) in [5, 5.41) is 3.03. The number of esters is 1. The highest BCUT2D eigenvalue weighted by atomic mass is 32.1. The fourth-order valence-corrected chi connectivity index (χ4v) is 2.97. The first kappa shape index (κ1) is 12.5. The van der Waals surface area contributed by atoms with Crippen LogP contribution < -0.4 is 5.73 Å². The molecule has 5 heteroatoms. The van der Waals surface area contributed by atoms with Gasteiger partial charge < -0.3 is 10.5 Å². The molecular formula is C12H18N2O2S. The Morgan fingerprint density at radius 3 is 2.82 bits per heavy atom. The number of nitrogens with two attached hydrogens (primary N) is 1. The van der Waals surface area contributed by atoms with Crippen molar-refractivity contribution in [3.05, 3.63) is 16.1 Å². The molecule has 0 aromatic carbocycles. The number of carbonyl (C=O) groups is 1. The lowest BCUT2D eigenvalue weighted by atomic mass is 9.78. The third kappa shape index (κ3) is 2.35. The van der Waals surface area contributed by atoms with E-state index in [1.165, 1.54) is 7.11 Å². The van der Waals surface area contributed by atoms with Crippen molar-refractivity contribution in [2.24, 2.45) is 17.1 Å². The molecule has 0 saturated heterocycles. The molecule has 1 fully saturated rings. The summed E-state index contributed by atoms with van der Waals surface area (Å²) in [5.74, 6) is 0.176. The average molecular weight is 254 g/mol. The summed E-state index contributed by atoms with van der Waals surface area (Å²) < 4.78 is 4.94. The van der Waals surface area contributed by atoms with Crippen LogP contribution in [0.3, 0.4) is 0 Å². The second-order valence-corrected chi connectivity index (χ2v) is 5.72. The minimum atomic E-state index is -0.560. The lowest BCUT2D eigenvalue weighted by Crippen LogP contribution is -2.43. The van der Waals surface area contributed by atoms with E-state index in [2.05, 4.69) is 4.98 Å². The highest BCUT2D eigenvalue weighted by Gasteiger charge is 2.51. The third-order valence-electron chi connectivity index (χ3n) is 3.48. The summed E-state index contributed by atoms with van der Waals surface area (Å²) >= 11 is 1.60. The van der Waals surface area contributed by atoms with E-state index in [0.717, 1.165) is 23.5 Å². The van der Waals surface area contributed by atoms with E-state index in [0.29, 0.717) is 18.9 Å². The Morgan fingerprint density at radius 2 is 2.41 bits per heavy atom. The molecule has 17 heavy (non-hydrogen) atoms. The van der Waals surface area contributed by atoms with Crippen molar-refractivity contribution in [1.29, 1.82) is 0 Å². The Balaban J connectivity index is 2.23. The number of ether oxygens (including phenoxy) is 1. The smallest absolute Gasteiger partial charge is 0.313 e. The van der Waals surface area contributed by atoms with Gasteiger partial charge in [-0.25, -0.2) is 4.98 Å². The van der Waals surface area contributed by atoms with E-state index in [1.807, 2.05) is 12.3 Å². The molecule has 1 atom stereocenters. The zero-order valence-corrected chi connectivity index (χ0v) is 11.0. The number of rotatable bonds is 5. The van der Waals surface area contributed by atoms with Gasteiger partial charge in [-0.15, -0.1) is 11.3 Å². The summed E-state index contributed by atoms with van der Waals surface area (Å²) in [6.45, 7) is 2.30. The Labute approximate surface area is 105 Å². The van der Waals surface area contributed by atoms with Gasteiger partial charge in [0.05, 0.1) is 23.2 Å². The molecule has 1 aromatic rings. The maximum Gasteiger partial charge on any atom is 0.313 e. The lowest BCUT2D eigenvalue weighted by Gasteiger charge is -2.28. The van der Waals surface area contributed by atoms with E-state index in [4.69, 9.17) is 10.5 Å². The number of hydrogen-bond acceptors (Lipinski definition) is 5. The molecule has 1 unspecified atom stereocenters. The highest BCUT2D eigenvalue weighted by Crippen LogP contribution is 2.47. The Morgan fingerprint density at radius 1 is 1.71 bits per heavy atom. The van der Waals surface area contributed by atoms with Crippen molar-refractivity contribution in [3.63, 3.8) is 0 Å². The fraction of sp³-hybridized carbons (Fsp3) is 0.667. The molecule has 1 heterocycles. The molecule has 4 nitrogen and oxygen atoms in total. The molecule has 1 aliphatic rings. The maximum atomic E-state index is 12.0. The maximum absolute atomic E-state index is 12.0. The normalized spacial score (nSPS) is 18.8. The molecule has 0 spiro atoms. The molecule has 1 aromatic heterocycles. The van der Waals surface area contributed by atoms with Crippen molar-refractivity contribution in [3.8, 4) is 0 Å². The van der Waals surface area contributed by atoms with Gasteiger partial charge in [-0.05, 0) is 25.7 Å². The first-order chi connectivity index (χ1) is 8.12. The Kier molecular flexibility index (Phi) is 3.49. The number of carbonyl (C=O) groups excluding carboxylic acids is 1. The van der Waals surface area contributed by atoms with Gasteiger partial charge in [0.25, 0.3) is 0 Å². The monoisotopic (exact) mass is 254 g/mol. The topological polar surface area (TPSA) is 65.2 Å². The van der Waals surface area contributed by atoms with Gasteiger partial charge in [0.2, 0.25) is 0 Å². The van der Waals surface area contributed by atoms with Gasteiger partial charge in [-0.2, -0.15) is 0 Å². The van der Waals surface area contributed by atoms with Gasteiger partial charge in [-0.3, -0.25) is 4.79 Å². The quantitative estimate of drug-likeness (QED) is 0.809. The number of hydrogen-bond donors (Lipinski definition) is 1. The highest BCUT2D eigenvalue weighted by molar-refractivity contribution is 7.09. The molecule has 0 radical (unpaired) electrons. The van der Waals surface area contributed by atoms with E-state index < -0.39 is 5.41 Å². The molecular weight excluding hydrogens is 236 g/mol. The van der Waals surface area contributed by atoms with Crippen molar-refractivity contribution in [1.82, 2.24) is 4.98 Å². The van der Waals surface area contributed by atoms with Gasteiger partial charge >= 0.3 is 5.97 Å².